The van der Waals surface area contributed by atoms with E-state index in [4.69, 9.17) is 15.7 Å². The second-order valence-electron chi connectivity index (χ2n) is 9.51. The lowest BCUT2D eigenvalue weighted by Crippen LogP contribution is -2.19. The summed E-state index contributed by atoms with van der Waals surface area (Å²) in [6.45, 7) is 3.28. The maximum absolute atomic E-state index is 12.4. The third-order valence-electron chi connectivity index (χ3n) is 6.84. The highest BCUT2D eigenvalue weighted by atomic mass is 16.1. The van der Waals surface area contributed by atoms with E-state index in [1.807, 2.05) is 23.7 Å². The van der Waals surface area contributed by atoms with E-state index in [9.17, 15) is 4.79 Å². The van der Waals surface area contributed by atoms with Crippen LogP contribution in [0.25, 0.3) is 22.3 Å². The number of nitrogens with two attached hydrogens (primary N) is 1. The van der Waals surface area contributed by atoms with Gasteiger partial charge in [0, 0.05) is 37.0 Å². The average Bonchev–Trinajstić information content (AvgIpc) is 3.46. The second-order valence-corrected chi connectivity index (χ2v) is 9.51. The third kappa shape index (κ3) is 4.23. The highest BCUT2D eigenvalue weighted by Gasteiger charge is 2.32. The quantitative estimate of drug-likeness (QED) is 0.424. The molecule has 0 radical (unpaired) electrons. The number of hydrogen-bond donors (Lipinski definition) is 2. The van der Waals surface area contributed by atoms with Crippen LogP contribution in [0.1, 0.15) is 53.3 Å². The molecule has 0 unspecified atom stereocenters. The van der Waals surface area contributed by atoms with E-state index < -0.39 is 5.91 Å². The van der Waals surface area contributed by atoms with Crippen LogP contribution in [0, 0.1) is 0 Å². The molecule has 2 aliphatic rings. The predicted molar refractivity (Wildman–Crippen MR) is 134 cm³/mol. The summed E-state index contributed by atoms with van der Waals surface area (Å²) in [5.74, 6) is 0.0498. The highest BCUT2D eigenvalue weighted by molar-refractivity contribution is 5.98. The second kappa shape index (κ2) is 8.74. The molecule has 1 aliphatic heterocycles. The molecule has 178 valence electrons. The topological polar surface area (TPSA) is 115 Å². The minimum Gasteiger partial charge on any atom is -0.364 e. The normalized spacial score (nSPS) is 16.1. The van der Waals surface area contributed by atoms with Gasteiger partial charge in [-0.05, 0) is 56.5 Å². The zero-order valence-electron chi connectivity index (χ0n) is 19.7. The Hall–Kier alpha value is -3.85. The number of pyridine rings is 1. The van der Waals surface area contributed by atoms with Gasteiger partial charge >= 0.3 is 0 Å². The molecule has 3 aromatic heterocycles. The Morgan fingerprint density at radius 1 is 1.11 bits per heavy atom. The number of anilines is 2. The number of likely N-dealkylation sites (tertiary alicyclic amines) is 1. The van der Waals surface area contributed by atoms with Gasteiger partial charge in [-0.25, -0.2) is 15.0 Å². The van der Waals surface area contributed by atoms with Crippen LogP contribution in [-0.4, -0.2) is 48.4 Å². The first kappa shape index (κ1) is 21.7. The summed E-state index contributed by atoms with van der Waals surface area (Å²) < 4.78 is 1.91. The van der Waals surface area contributed by atoms with E-state index in [0.29, 0.717) is 17.4 Å². The summed E-state index contributed by atoms with van der Waals surface area (Å²) >= 11 is 0. The average molecular weight is 469 g/mol. The first-order chi connectivity index (χ1) is 17.1. The number of carbonyl (C=O) groups is 1. The van der Waals surface area contributed by atoms with Crippen LogP contribution < -0.4 is 11.1 Å². The van der Waals surface area contributed by atoms with Crippen molar-refractivity contribution in [1.82, 2.24) is 29.4 Å². The van der Waals surface area contributed by atoms with Crippen molar-refractivity contribution >= 4 is 28.4 Å². The Morgan fingerprint density at radius 3 is 2.60 bits per heavy atom. The number of carbonyl (C=O) groups excluding carboxylic acids is 1. The third-order valence-corrected chi connectivity index (χ3v) is 6.84. The Morgan fingerprint density at radius 2 is 1.89 bits per heavy atom. The highest BCUT2D eigenvalue weighted by Crippen LogP contribution is 2.44. The van der Waals surface area contributed by atoms with Crippen LogP contribution in [0.4, 0.5) is 11.5 Å². The van der Waals surface area contributed by atoms with Crippen molar-refractivity contribution in [3.05, 3.63) is 59.9 Å². The van der Waals surface area contributed by atoms with Gasteiger partial charge in [0.05, 0.1) is 29.4 Å². The Balaban J connectivity index is 1.36. The van der Waals surface area contributed by atoms with Crippen LogP contribution >= 0.6 is 0 Å². The van der Waals surface area contributed by atoms with Crippen molar-refractivity contribution in [1.29, 1.82) is 0 Å². The van der Waals surface area contributed by atoms with E-state index in [1.54, 1.807) is 18.7 Å². The zero-order valence-corrected chi connectivity index (χ0v) is 19.7. The van der Waals surface area contributed by atoms with Gasteiger partial charge < -0.3 is 15.6 Å². The summed E-state index contributed by atoms with van der Waals surface area (Å²) in [5.41, 5.74) is 11.9. The lowest BCUT2D eigenvalue weighted by molar-refractivity contribution is 0.0996. The number of aryl methyl sites for hydroxylation is 1. The van der Waals surface area contributed by atoms with Crippen LogP contribution in [-0.2, 0) is 13.6 Å². The summed E-state index contributed by atoms with van der Waals surface area (Å²) in [6.07, 6.45) is 9.88. The molecule has 1 saturated heterocycles. The molecular formula is C26H28N8O. The number of hydrogen-bond acceptors (Lipinski definition) is 7. The molecule has 4 heterocycles. The molecule has 0 atom stereocenters. The van der Waals surface area contributed by atoms with Crippen molar-refractivity contribution in [3.63, 3.8) is 0 Å². The minimum absolute atomic E-state index is 0.110. The van der Waals surface area contributed by atoms with E-state index in [2.05, 4.69) is 32.3 Å². The number of nitrogens with one attached hydrogen (secondary N) is 1. The Kier molecular flexibility index (Phi) is 5.41. The van der Waals surface area contributed by atoms with Gasteiger partial charge in [0.1, 0.15) is 5.52 Å². The first-order valence-electron chi connectivity index (χ1n) is 12.1. The Labute approximate surface area is 203 Å². The molecule has 2 fully saturated rings. The Bertz CT molecular complexity index is 1400. The monoisotopic (exact) mass is 468 g/mol. The van der Waals surface area contributed by atoms with Crippen LogP contribution in [0.3, 0.4) is 0 Å². The minimum atomic E-state index is -0.629. The fraction of sp³-hybridized carbons (Fsp3) is 0.346. The SMILES string of the molecule is Cn1cnc2c(-c3nc(C(N)=O)c(Nc4ccc(CN5CCCC5)cc4)nc3C3CC3)cncc21. The molecule has 1 saturated carbocycles. The number of benzene rings is 1. The summed E-state index contributed by atoms with van der Waals surface area (Å²) in [4.78, 5) is 33.5. The molecule has 3 N–H and O–H groups in total. The molecule has 0 spiro atoms. The molecule has 6 rings (SSSR count). The smallest absolute Gasteiger partial charge is 0.271 e. The van der Waals surface area contributed by atoms with E-state index in [0.717, 1.165) is 60.5 Å². The van der Waals surface area contributed by atoms with Crippen molar-refractivity contribution in [2.24, 2.45) is 12.8 Å². The molecule has 9 nitrogen and oxygen atoms in total. The van der Waals surface area contributed by atoms with Gasteiger partial charge in [0.2, 0.25) is 0 Å². The number of aromatic nitrogens is 5. The molecular weight excluding hydrogens is 440 g/mol. The molecule has 0 bridgehead atoms. The van der Waals surface area contributed by atoms with Gasteiger partial charge in [-0.1, -0.05) is 12.1 Å². The van der Waals surface area contributed by atoms with Crippen molar-refractivity contribution in [3.8, 4) is 11.3 Å². The number of rotatable bonds is 7. The zero-order chi connectivity index (χ0) is 23.9. The number of amides is 1. The van der Waals surface area contributed by atoms with E-state index in [1.165, 1.54) is 18.4 Å². The van der Waals surface area contributed by atoms with Gasteiger partial charge in [-0.3, -0.25) is 14.7 Å². The number of imidazole rings is 1. The van der Waals surface area contributed by atoms with Gasteiger partial charge in [-0.15, -0.1) is 0 Å². The van der Waals surface area contributed by atoms with E-state index in [-0.39, 0.29) is 5.69 Å². The predicted octanol–water partition coefficient (Wildman–Crippen LogP) is 3.74. The fourth-order valence-electron chi connectivity index (χ4n) is 4.79. The van der Waals surface area contributed by atoms with Gasteiger partial charge in [-0.2, -0.15) is 0 Å². The molecule has 1 amide bonds. The first-order valence-corrected chi connectivity index (χ1v) is 12.1. The fourth-order valence-corrected chi connectivity index (χ4v) is 4.79. The van der Waals surface area contributed by atoms with Crippen molar-refractivity contribution < 1.29 is 4.79 Å². The van der Waals surface area contributed by atoms with Crippen LogP contribution in [0.5, 0.6) is 0 Å². The number of primary amides is 1. The summed E-state index contributed by atoms with van der Waals surface area (Å²) in [5, 5.41) is 3.29. The molecule has 35 heavy (non-hydrogen) atoms. The maximum Gasteiger partial charge on any atom is 0.271 e. The summed E-state index contributed by atoms with van der Waals surface area (Å²) in [7, 11) is 1.92. The summed E-state index contributed by atoms with van der Waals surface area (Å²) in [6, 6.07) is 8.26. The number of nitrogens with zero attached hydrogens (tertiary/aromatic N) is 6. The largest absolute Gasteiger partial charge is 0.364 e. The van der Waals surface area contributed by atoms with Crippen LogP contribution in [0.15, 0.2) is 43.0 Å². The van der Waals surface area contributed by atoms with E-state index >= 15 is 0 Å². The van der Waals surface area contributed by atoms with Crippen molar-refractivity contribution in [2.45, 2.75) is 38.1 Å². The molecule has 1 aromatic carbocycles. The van der Waals surface area contributed by atoms with Crippen LogP contribution in [0.2, 0.25) is 0 Å². The maximum atomic E-state index is 12.4. The number of fused-ring (bicyclic) bond motifs is 1. The lowest BCUT2D eigenvalue weighted by atomic mass is 10.1. The standard InChI is InChI=1S/C26H28N8O/c1-33-15-29-22-19(12-28-13-20(22)33)23-21(17-6-7-17)32-26(24(31-23)25(27)35)30-18-8-4-16(5-9-18)14-34-10-2-3-11-34/h4-5,8-9,12-13,15,17H,2-3,6-7,10-11,14H2,1H3,(H2,27,35)(H,30,32). The van der Waals surface area contributed by atoms with Gasteiger partial charge in [0.25, 0.3) is 5.91 Å². The van der Waals surface area contributed by atoms with Crippen molar-refractivity contribution in [2.75, 3.05) is 18.4 Å². The molecule has 1 aliphatic carbocycles. The van der Waals surface area contributed by atoms with Gasteiger partial charge in [0.15, 0.2) is 11.5 Å². The lowest BCUT2D eigenvalue weighted by Gasteiger charge is -2.16. The molecule has 9 heteroatoms. The molecule has 4 aromatic rings.